The lowest BCUT2D eigenvalue weighted by Crippen LogP contribution is -2.01. The normalized spacial score (nSPS) is 10.3. The first kappa shape index (κ1) is 11.0. The van der Waals surface area contributed by atoms with Crippen LogP contribution in [0.4, 0.5) is 5.13 Å². The molecular formula is C10H13N5S. The second kappa shape index (κ2) is 5.53. The molecule has 5 nitrogen and oxygen atoms in total. The Labute approximate surface area is 97.7 Å². The van der Waals surface area contributed by atoms with Crippen LogP contribution in [-0.2, 0) is 13.0 Å². The topological polar surface area (TPSA) is 76.7 Å². The number of hydrogen-bond donors (Lipinski definition) is 2. The summed E-state index contributed by atoms with van der Waals surface area (Å²) in [5, 5.41) is 13.1. The fraction of sp³-hybridized carbons (Fsp3) is 0.300. The molecule has 0 fully saturated rings. The molecule has 16 heavy (non-hydrogen) atoms. The SMILES string of the molecule is NCCc1nnc(NCc2ccncc2)s1. The van der Waals surface area contributed by atoms with Gasteiger partial charge < -0.3 is 11.1 Å². The van der Waals surface area contributed by atoms with E-state index in [0.29, 0.717) is 6.54 Å². The highest BCUT2D eigenvalue weighted by molar-refractivity contribution is 7.15. The zero-order valence-corrected chi connectivity index (χ0v) is 9.57. The molecule has 0 aliphatic carbocycles. The van der Waals surface area contributed by atoms with Gasteiger partial charge in [0.25, 0.3) is 0 Å². The lowest BCUT2D eigenvalue weighted by atomic mass is 10.3. The fourth-order valence-electron chi connectivity index (χ4n) is 1.23. The second-order valence-corrected chi connectivity index (χ2v) is 4.31. The number of hydrogen-bond acceptors (Lipinski definition) is 6. The molecule has 0 saturated heterocycles. The summed E-state index contributed by atoms with van der Waals surface area (Å²) >= 11 is 1.55. The Morgan fingerprint density at radius 3 is 2.81 bits per heavy atom. The fourth-order valence-corrected chi connectivity index (χ4v) is 1.98. The Balaban J connectivity index is 1.89. The van der Waals surface area contributed by atoms with Gasteiger partial charge in [0.15, 0.2) is 0 Å². The highest BCUT2D eigenvalue weighted by atomic mass is 32.1. The number of nitrogens with two attached hydrogens (primary N) is 1. The summed E-state index contributed by atoms with van der Waals surface area (Å²) in [6, 6.07) is 3.93. The summed E-state index contributed by atoms with van der Waals surface area (Å²) < 4.78 is 0. The summed E-state index contributed by atoms with van der Waals surface area (Å²) in [5.74, 6) is 0. The quantitative estimate of drug-likeness (QED) is 0.810. The molecule has 0 aromatic carbocycles. The van der Waals surface area contributed by atoms with Crippen molar-refractivity contribution in [3.05, 3.63) is 35.1 Å². The minimum atomic E-state index is 0.610. The van der Waals surface area contributed by atoms with Crippen molar-refractivity contribution in [1.82, 2.24) is 15.2 Å². The van der Waals surface area contributed by atoms with Crippen molar-refractivity contribution in [3.63, 3.8) is 0 Å². The molecule has 0 unspecified atom stereocenters. The van der Waals surface area contributed by atoms with Crippen LogP contribution in [0.25, 0.3) is 0 Å². The first-order valence-electron chi connectivity index (χ1n) is 5.03. The lowest BCUT2D eigenvalue weighted by molar-refractivity contribution is 0.910. The number of nitrogens with one attached hydrogen (secondary N) is 1. The van der Waals surface area contributed by atoms with Gasteiger partial charge >= 0.3 is 0 Å². The van der Waals surface area contributed by atoms with Crippen LogP contribution >= 0.6 is 11.3 Å². The maximum absolute atomic E-state index is 5.45. The predicted molar refractivity (Wildman–Crippen MR) is 64.2 cm³/mol. The monoisotopic (exact) mass is 235 g/mol. The Morgan fingerprint density at radius 2 is 2.06 bits per heavy atom. The van der Waals surface area contributed by atoms with Gasteiger partial charge in [-0.15, -0.1) is 10.2 Å². The first-order chi connectivity index (χ1) is 7.88. The molecule has 2 heterocycles. The van der Waals surface area contributed by atoms with E-state index in [1.54, 1.807) is 23.7 Å². The first-order valence-corrected chi connectivity index (χ1v) is 5.85. The van der Waals surface area contributed by atoms with Crippen LogP contribution in [-0.4, -0.2) is 21.7 Å². The molecule has 0 aliphatic heterocycles. The molecule has 0 aliphatic rings. The van der Waals surface area contributed by atoms with E-state index in [9.17, 15) is 0 Å². The minimum absolute atomic E-state index is 0.610. The van der Waals surface area contributed by atoms with E-state index in [4.69, 9.17) is 5.73 Å². The van der Waals surface area contributed by atoms with Gasteiger partial charge in [0.1, 0.15) is 5.01 Å². The summed E-state index contributed by atoms with van der Waals surface area (Å²) in [7, 11) is 0. The molecule has 0 atom stereocenters. The van der Waals surface area contributed by atoms with Gasteiger partial charge in [0.2, 0.25) is 5.13 Å². The molecule has 2 rings (SSSR count). The van der Waals surface area contributed by atoms with E-state index in [1.807, 2.05) is 12.1 Å². The summed E-state index contributed by atoms with van der Waals surface area (Å²) in [5.41, 5.74) is 6.62. The number of pyridine rings is 1. The van der Waals surface area contributed by atoms with Crippen molar-refractivity contribution in [2.75, 3.05) is 11.9 Å². The molecule has 0 radical (unpaired) electrons. The maximum Gasteiger partial charge on any atom is 0.205 e. The number of rotatable bonds is 5. The largest absolute Gasteiger partial charge is 0.356 e. The second-order valence-electron chi connectivity index (χ2n) is 3.25. The molecule has 6 heteroatoms. The summed E-state index contributed by atoms with van der Waals surface area (Å²) in [6.45, 7) is 1.35. The van der Waals surface area contributed by atoms with E-state index in [2.05, 4.69) is 20.5 Å². The minimum Gasteiger partial charge on any atom is -0.356 e. The Morgan fingerprint density at radius 1 is 1.25 bits per heavy atom. The van der Waals surface area contributed by atoms with E-state index in [0.717, 1.165) is 23.1 Å². The standard InChI is InChI=1S/C10H13N5S/c11-4-1-9-14-15-10(16-9)13-7-8-2-5-12-6-3-8/h2-3,5-6H,1,4,7,11H2,(H,13,15). The van der Waals surface area contributed by atoms with Gasteiger partial charge in [0, 0.05) is 25.4 Å². The molecule has 0 saturated carbocycles. The molecule has 0 spiro atoms. The van der Waals surface area contributed by atoms with Gasteiger partial charge in [-0.25, -0.2) is 0 Å². The molecule has 2 aromatic heterocycles. The van der Waals surface area contributed by atoms with Crippen molar-refractivity contribution in [2.24, 2.45) is 5.73 Å². The van der Waals surface area contributed by atoms with Crippen molar-refractivity contribution in [2.45, 2.75) is 13.0 Å². The Bertz CT molecular complexity index is 428. The van der Waals surface area contributed by atoms with Crippen LogP contribution < -0.4 is 11.1 Å². The lowest BCUT2D eigenvalue weighted by Gasteiger charge is -2.00. The van der Waals surface area contributed by atoms with Crippen LogP contribution in [0.2, 0.25) is 0 Å². The maximum atomic E-state index is 5.45. The summed E-state index contributed by atoms with van der Waals surface area (Å²) in [6.07, 6.45) is 4.34. The van der Waals surface area contributed by atoms with Gasteiger partial charge in [0.05, 0.1) is 0 Å². The average Bonchev–Trinajstić information content (AvgIpc) is 2.76. The molecular weight excluding hydrogens is 222 g/mol. The number of nitrogens with zero attached hydrogens (tertiary/aromatic N) is 3. The average molecular weight is 235 g/mol. The number of anilines is 1. The van der Waals surface area contributed by atoms with Gasteiger partial charge in [-0.05, 0) is 24.2 Å². The van der Waals surface area contributed by atoms with Crippen molar-refractivity contribution in [1.29, 1.82) is 0 Å². The number of aromatic nitrogens is 3. The van der Waals surface area contributed by atoms with Crippen molar-refractivity contribution < 1.29 is 0 Å². The molecule has 84 valence electrons. The van der Waals surface area contributed by atoms with Crippen molar-refractivity contribution >= 4 is 16.5 Å². The Hall–Kier alpha value is -1.53. The summed E-state index contributed by atoms with van der Waals surface area (Å²) in [4.78, 5) is 3.96. The smallest absolute Gasteiger partial charge is 0.205 e. The predicted octanol–water partition coefficient (Wildman–Crippen LogP) is 1.05. The van der Waals surface area contributed by atoms with Crippen LogP contribution in [0.3, 0.4) is 0 Å². The molecule has 2 aromatic rings. The van der Waals surface area contributed by atoms with E-state index in [-0.39, 0.29) is 0 Å². The Kier molecular flexibility index (Phi) is 3.79. The van der Waals surface area contributed by atoms with Crippen LogP contribution in [0.5, 0.6) is 0 Å². The van der Waals surface area contributed by atoms with Gasteiger partial charge in [-0.3, -0.25) is 4.98 Å². The van der Waals surface area contributed by atoms with Crippen molar-refractivity contribution in [3.8, 4) is 0 Å². The van der Waals surface area contributed by atoms with Gasteiger partial charge in [-0.2, -0.15) is 0 Å². The van der Waals surface area contributed by atoms with Gasteiger partial charge in [-0.1, -0.05) is 11.3 Å². The molecule has 0 amide bonds. The third kappa shape index (κ3) is 2.98. The van der Waals surface area contributed by atoms with Crippen LogP contribution in [0.1, 0.15) is 10.6 Å². The van der Waals surface area contributed by atoms with E-state index >= 15 is 0 Å². The van der Waals surface area contributed by atoms with E-state index < -0.39 is 0 Å². The zero-order valence-electron chi connectivity index (χ0n) is 8.76. The third-order valence-electron chi connectivity index (χ3n) is 2.02. The molecule has 0 bridgehead atoms. The van der Waals surface area contributed by atoms with E-state index in [1.165, 1.54) is 5.56 Å². The highest BCUT2D eigenvalue weighted by Gasteiger charge is 2.02. The van der Waals surface area contributed by atoms with Crippen LogP contribution in [0.15, 0.2) is 24.5 Å². The zero-order chi connectivity index (χ0) is 11.2. The third-order valence-corrected chi connectivity index (χ3v) is 2.96. The van der Waals surface area contributed by atoms with Crippen LogP contribution in [0, 0.1) is 0 Å². The highest BCUT2D eigenvalue weighted by Crippen LogP contribution is 2.15. The molecule has 3 N–H and O–H groups in total.